The maximum absolute atomic E-state index is 12.3. The molecule has 1 aliphatic heterocycles. The Bertz CT molecular complexity index is 1210. The van der Waals surface area contributed by atoms with Crippen LogP contribution in [0.2, 0.25) is 0 Å². The van der Waals surface area contributed by atoms with Crippen LogP contribution in [0.5, 0.6) is 5.75 Å². The molecule has 3 N–H and O–H groups in total. The highest BCUT2D eigenvalue weighted by Gasteiger charge is 2.25. The van der Waals surface area contributed by atoms with Crippen molar-refractivity contribution in [2.75, 3.05) is 50.2 Å². The molecule has 0 radical (unpaired) electrons. The minimum atomic E-state index is -0.600. The van der Waals surface area contributed by atoms with E-state index in [1.165, 1.54) is 6.33 Å². The lowest BCUT2D eigenvalue weighted by molar-refractivity contribution is 0.0635. The number of carbonyl (C=O) groups excluding carboxylic acids is 1. The number of carbonyl (C=O) groups is 1. The van der Waals surface area contributed by atoms with E-state index < -0.39 is 11.7 Å². The Morgan fingerprint density at radius 2 is 1.91 bits per heavy atom. The largest absolute Gasteiger partial charge is 0.495 e. The fraction of sp³-hybridized carbons (Fsp3) is 0.480. The Labute approximate surface area is 206 Å². The van der Waals surface area contributed by atoms with E-state index in [-0.39, 0.29) is 0 Å². The molecule has 0 spiro atoms. The van der Waals surface area contributed by atoms with Gasteiger partial charge in [-0.3, -0.25) is 5.32 Å². The molecular weight excluding hydrogens is 446 g/mol. The van der Waals surface area contributed by atoms with Crippen LogP contribution in [-0.4, -0.2) is 71.5 Å². The monoisotopic (exact) mass is 481 g/mol. The Morgan fingerprint density at radius 3 is 2.54 bits per heavy atom. The standard InChI is InChI=1S/C25H35N7O3/c1-25(2,3)35-24(33)29-19-8-7-16(13-20(19)34-6)18-14-21(32-22(18)23(26)27-15-28-32)31-11-9-17(10-12-31)30(4)5/h7-8,13-15,17H,9-12H2,1-6H3,(H,29,33)(H2,26,27,28). The molecule has 3 aromatic rings. The molecule has 4 rings (SSSR count). The van der Waals surface area contributed by atoms with Crippen molar-refractivity contribution in [2.24, 2.45) is 0 Å². The molecule has 1 aromatic carbocycles. The molecule has 1 saturated heterocycles. The highest BCUT2D eigenvalue weighted by atomic mass is 16.6. The number of nitrogen functional groups attached to an aromatic ring is 1. The molecule has 0 saturated carbocycles. The second kappa shape index (κ2) is 9.61. The summed E-state index contributed by atoms with van der Waals surface area (Å²) in [5, 5.41) is 7.28. The molecule has 2 aromatic heterocycles. The highest BCUT2D eigenvalue weighted by molar-refractivity contribution is 5.93. The topological polar surface area (TPSA) is 110 Å². The molecule has 3 heterocycles. The van der Waals surface area contributed by atoms with Crippen LogP contribution in [0.3, 0.4) is 0 Å². The predicted molar refractivity (Wildman–Crippen MR) is 138 cm³/mol. The normalized spacial score (nSPS) is 15.0. The fourth-order valence-electron chi connectivity index (χ4n) is 4.48. The molecule has 0 aliphatic carbocycles. The molecule has 0 bridgehead atoms. The van der Waals surface area contributed by atoms with Gasteiger partial charge in [-0.05, 0) is 71.5 Å². The number of methoxy groups -OCH3 is 1. The number of rotatable bonds is 5. The van der Waals surface area contributed by atoms with Gasteiger partial charge in [-0.15, -0.1) is 0 Å². The van der Waals surface area contributed by atoms with Crippen LogP contribution in [0.25, 0.3) is 16.6 Å². The van der Waals surface area contributed by atoms with Gasteiger partial charge in [0.05, 0.1) is 12.8 Å². The van der Waals surface area contributed by atoms with Gasteiger partial charge in [-0.1, -0.05) is 6.07 Å². The minimum Gasteiger partial charge on any atom is -0.495 e. The maximum Gasteiger partial charge on any atom is 0.412 e. The van der Waals surface area contributed by atoms with E-state index in [0.29, 0.717) is 23.3 Å². The van der Waals surface area contributed by atoms with E-state index in [2.05, 4.69) is 45.4 Å². The Kier molecular flexibility index (Phi) is 6.75. The van der Waals surface area contributed by atoms with E-state index in [0.717, 1.165) is 48.4 Å². The van der Waals surface area contributed by atoms with Gasteiger partial charge in [0, 0.05) is 24.7 Å². The van der Waals surface area contributed by atoms with E-state index in [1.807, 2.05) is 37.4 Å². The van der Waals surface area contributed by atoms with Crippen molar-refractivity contribution >= 4 is 28.9 Å². The van der Waals surface area contributed by atoms with Crippen LogP contribution in [-0.2, 0) is 4.74 Å². The second-order valence-corrected chi connectivity index (χ2v) is 10.0. The predicted octanol–water partition coefficient (Wildman–Crippen LogP) is 3.86. The highest BCUT2D eigenvalue weighted by Crippen LogP contribution is 2.38. The molecule has 0 unspecified atom stereocenters. The van der Waals surface area contributed by atoms with Gasteiger partial charge in [-0.25, -0.2) is 14.3 Å². The van der Waals surface area contributed by atoms with Crippen molar-refractivity contribution in [3.8, 4) is 16.9 Å². The van der Waals surface area contributed by atoms with E-state index in [9.17, 15) is 4.79 Å². The minimum absolute atomic E-state index is 0.402. The van der Waals surface area contributed by atoms with Crippen molar-refractivity contribution in [1.82, 2.24) is 19.5 Å². The quantitative estimate of drug-likeness (QED) is 0.565. The number of anilines is 3. The third-order valence-corrected chi connectivity index (χ3v) is 6.23. The van der Waals surface area contributed by atoms with Gasteiger partial charge in [-0.2, -0.15) is 5.10 Å². The Hall–Kier alpha value is -3.53. The number of nitrogens with one attached hydrogen (secondary N) is 1. The number of benzene rings is 1. The van der Waals surface area contributed by atoms with Crippen molar-refractivity contribution in [1.29, 1.82) is 0 Å². The molecule has 1 fully saturated rings. The van der Waals surface area contributed by atoms with Crippen LogP contribution in [0.1, 0.15) is 33.6 Å². The summed E-state index contributed by atoms with van der Waals surface area (Å²) in [6.45, 7) is 7.31. The van der Waals surface area contributed by atoms with Crippen LogP contribution >= 0.6 is 0 Å². The first-order valence-corrected chi connectivity index (χ1v) is 11.8. The summed E-state index contributed by atoms with van der Waals surface area (Å²) in [5.74, 6) is 1.90. The van der Waals surface area contributed by atoms with Gasteiger partial charge in [0.1, 0.15) is 29.0 Å². The summed E-state index contributed by atoms with van der Waals surface area (Å²) in [5.41, 5.74) is 8.76. The number of hydrogen-bond donors (Lipinski definition) is 2. The summed E-state index contributed by atoms with van der Waals surface area (Å²) in [4.78, 5) is 21.2. The average molecular weight is 482 g/mol. The van der Waals surface area contributed by atoms with E-state index in [4.69, 9.17) is 15.2 Å². The summed E-state index contributed by atoms with van der Waals surface area (Å²) in [7, 11) is 5.83. The van der Waals surface area contributed by atoms with Gasteiger partial charge >= 0.3 is 6.09 Å². The molecule has 1 amide bonds. The van der Waals surface area contributed by atoms with Gasteiger partial charge in [0.2, 0.25) is 0 Å². The summed E-state index contributed by atoms with van der Waals surface area (Å²) in [6.07, 6.45) is 3.10. The second-order valence-electron chi connectivity index (χ2n) is 10.0. The average Bonchev–Trinajstić information content (AvgIpc) is 3.19. The number of nitrogens with zero attached hydrogens (tertiary/aromatic N) is 5. The molecule has 10 heteroatoms. The molecular formula is C25H35N7O3. The Morgan fingerprint density at radius 1 is 1.20 bits per heavy atom. The zero-order valence-electron chi connectivity index (χ0n) is 21.3. The number of ether oxygens (including phenoxy) is 2. The zero-order valence-corrected chi connectivity index (χ0v) is 21.3. The number of piperidine rings is 1. The lowest BCUT2D eigenvalue weighted by Crippen LogP contribution is -2.42. The molecule has 1 aliphatic rings. The molecule has 10 nitrogen and oxygen atoms in total. The summed E-state index contributed by atoms with van der Waals surface area (Å²) >= 11 is 0. The number of fused-ring (bicyclic) bond motifs is 1. The molecule has 188 valence electrons. The van der Waals surface area contributed by atoms with Crippen LogP contribution in [0, 0.1) is 0 Å². The first-order chi connectivity index (χ1) is 16.6. The molecule has 35 heavy (non-hydrogen) atoms. The maximum atomic E-state index is 12.3. The Balaban J connectivity index is 1.69. The van der Waals surface area contributed by atoms with Crippen molar-refractivity contribution < 1.29 is 14.3 Å². The third kappa shape index (κ3) is 5.27. The fourth-order valence-corrected chi connectivity index (χ4v) is 4.48. The van der Waals surface area contributed by atoms with E-state index >= 15 is 0 Å². The zero-order chi connectivity index (χ0) is 25.3. The summed E-state index contributed by atoms with van der Waals surface area (Å²) < 4.78 is 12.8. The van der Waals surface area contributed by atoms with Crippen LogP contribution in [0.4, 0.5) is 22.1 Å². The number of hydrogen-bond acceptors (Lipinski definition) is 8. The van der Waals surface area contributed by atoms with Crippen molar-refractivity contribution in [3.63, 3.8) is 0 Å². The van der Waals surface area contributed by atoms with Crippen molar-refractivity contribution in [2.45, 2.75) is 45.3 Å². The van der Waals surface area contributed by atoms with Gasteiger partial charge in [0.15, 0.2) is 5.82 Å². The lowest BCUT2D eigenvalue weighted by atomic mass is 10.0. The number of aromatic nitrogens is 3. The SMILES string of the molecule is COc1cc(-c2cc(N3CCC(N(C)C)CC3)n3ncnc(N)c23)ccc1NC(=O)OC(C)(C)C. The first-order valence-electron chi connectivity index (χ1n) is 11.8. The number of amides is 1. The third-order valence-electron chi connectivity index (χ3n) is 6.23. The van der Waals surface area contributed by atoms with Gasteiger partial charge < -0.3 is 25.0 Å². The first kappa shape index (κ1) is 24.6. The van der Waals surface area contributed by atoms with Gasteiger partial charge in [0.25, 0.3) is 0 Å². The van der Waals surface area contributed by atoms with Crippen LogP contribution < -0.4 is 20.7 Å². The van der Waals surface area contributed by atoms with Crippen LogP contribution in [0.15, 0.2) is 30.6 Å². The van der Waals surface area contributed by atoms with E-state index in [1.54, 1.807) is 13.2 Å². The molecule has 0 atom stereocenters. The lowest BCUT2D eigenvalue weighted by Gasteiger charge is -2.35. The smallest absolute Gasteiger partial charge is 0.412 e. The number of nitrogens with two attached hydrogens (primary N) is 1. The summed E-state index contributed by atoms with van der Waals surface area (Å²) in [6, 6.07) is 8.26. The van der Waals surface area contributed by atoms with Crippen molar-refractivity contribution in [3.05, 3.63) is 30.6 Å².